The van der Waals surface area contributed by atoms with Gasteiger partial charge in [-0.15, -0.1) is 11.3 Å². The van der Waals surface area contributed by atoms with Crippen molar-refractivity contribution in [2.24, 2.45) is 5.92 Å². The summed E-state index contributed by atoms with van der Waals surface area (Å²) in [5, 5.41) is 3.49. The van der Waals surface area contributed by atoms with Gasteiger partial charge in [0.05, 0.1) is 9.75 Å². The molecule has 2 heterocycles. The average molecular weight is 410 g/mol. The van der Waals surface area contributed by atoms with Gasteiger partial charge in [0.2, 0.25) is 0 Å². The number of hydrogen-bond donors (Lipinski definition) is 0. The Kier molecular flexibility index (Phi) is 5.38. The summed E-state index contributed by atoms with van der Waals surface area (Å²) in [5.74, 6) is -0.157. The molecule has 0 aromatic carbocycles. The van der Waals surface area contributed by atoms with Crippen LogP contribution in [0.1, 0.15) is 47.5 Å². The monoisotopic (exact) mass is 410 g/mol. The van der Waals surface area contributed by atoms with Crippen molar-refractivity contribution in [1.82, 2.24) is 9.78 Å². The van der Waals surface area contributed by atoms with Gasteiger partial charge in [-0.1, -0.05) is 19.3 Å². The van der Waals surface area contributed by atoms with Crippen LogP contribution in [0.3, 0.4) is 0 Å². The number of rotatable bonds is 4. The van der Waals surface area contributed by atoms with Gasteiger partial charge in [0.25, 0.3) is 0 Å². The van der Waals surface area contributed by atoms with Crippen molar-refractivity contribution in [2.75, 3.05) is 0 Å². The zero-order valence-electron chi connectivity index (χ0n) is 14.0. The Bertz CT molecular complexity index is 814. The fourth-order valence-electron chi connectivity index (χ4n) is 3.23. The van der Waals surface area contributed by atoms with E-state index in [1.165, 1.54) is 12.1 Å². The molecule has 0 atom stereocenters. The molecule has 0 radical (unpaired) electrons. The molecule has 1 aliphatic carbocycles. The lowest BCUT2D eigenvalue weighted by molar-refractivity contribution is -0.160. The minimum absolute atomic E-state index is 0.0586. The lowest BCUT2D eigenvalue weighted by Crippen LogP contribution is -2.23. The van der Waals surface area contributed by atoms with Crippen LogP contribution in [0.5, 0.6) is 0 Å². The highest BCUT2D eigenvalue weighted by atomic mass is 32.1. The summed E-state index contributed by atoms with van der Waals surface area (Å²) in [4.78, 5) is 13.2. The van der Waals surface area contributed by atoms with Gasteiger partial charge in [0.1, 0.15) is 17.9 Å². The molecule has 0 amide bonds. The van der Waals surface area contributed by atoms with Gasteiger partial charge in [0.15, 0.2) is 5.78 Å². The normalized spacial score (nSPS) is 16.7. The van der Waals surface area contributed by atoms with Gasteiger partial charge >= 0.3 is 12.4 Å². The molecular formula is C17H16F6N2OS. The number of alkyl halides is 6. The summed E-state index contributed by atoms with van der Waals surface area (Å²) in [6.45, 7) is -1.83. The molecule has 1 saturated carbocycles. The number of ketones is 1. The molecule has 0 saturated heterocycles. The molecule has 0 spiro atoms. The zero-order chi connectivity index (χ0) is 19.8. The molecule has 1 fully saturated rings. The van der Waals surface area contributed by atoms with E-state index in [-0.39, 0.29) is 27.0 Å². The highest BCUT2D eigenvalue weighted by Crippen LogP contribution is 2.37. The van der Waals surface area contributed by atoms with Crippen LogP contribution in [0.4, 0.5) is 26.3 Å². The minimum atomic E-state index is -4.96. The number of aromatic nitrogens is 2. The van der Waals surface area contributed by atoms with Crippen molar-refractivity contribution in [3.63, 3.8) is 0 Å². The summed E-state index contributed by atoms with van der Waals surface area (Å²) >= 11 is 0.964. The summed E-state index contributed by atoms with van der Waals surface area (Å²) in [6, 6.07) is 3.53. The first kappa shape index (κ1) is 19.9. The van der Waals surface area contributed by atoms with E-state index in [1.54, 1.807) is 0 Å². The molecule has 0 unspecified atom stereocenters. The summed E-state index contributed by atoms with van der Waals surface area (Å²) < 4.78 is 76.8. The van der Waals surface area contributed by atoms with E-state index in [1.807, 2.05) is 0 Å². The average Bonchev–Trinajstić information content (AvgIpc) is 3.20. The van der Waals surface area contributed by atoms with Gasteiger partial charge in [-0.05, 0) is 31.0 Å². The Balaban J connectivity index is 1.88. The highest BCUT2D eigenvalue weighted by Gasteiger charge is 2.39. The summed E-state index contributed by atoms with van der Waals surface area (Å²) in [5.41, 5.74) is -1.69. The molecule has 148 valence electrons. The molecular weight excluding hydrogens is 394 g/mol. The van der Waals surface area contributed by atoms with Crippen molar-refractivity contribution in [2.45, 2.75) is 51.0 Å². The molecule has 2 aromatic rings. The van der Waals surface area contributed by atoms with E-state index >= 15 is 0 Å². The minimum Gasteiger partial charge on any atom is -0.293 e. The smallest absolute Gasteiger partial charge is 0.293 e. The van der Waals surface area contributed by atoms with Crippen molar-refractivity contribution in [1.29, 1.82) is 0 Å². The van der Waals surface area contributed by atoms with E-state index in [9.17, 15) is 31.1 Å². The Morgan fingerprint density at radius 1 is 1.11 bits per heavy atom. The molecule has 3 nitrogen and oxygen atoms in total. The molecule has 3 rings (SSSR count). The van der Waals surface area contributed by atoms with Crippen LogP contribution < -0.4 is 0 Å². The Morgan fingerprint density at radius 3 is 2.37 bits per heavy atom. The third kappa shape index (κ3) is 4.72. The first-order valence-electron chi connectivity index (χ1n) is 8.41. The predicted molar refractivity (Wildman–Crippen MR) is 87.5 cm³/mol. The summed E-state index contributed by atoms with van der Waals surface area (Å²) in [6.07, 6.45) is -5.22. The highest BCUT2D eigenvalue weighted by molar-refractivity contribution is 7.17. The number of halogens is 6. The number of carbonyl (C=O) groups is 1. The van der Waals surface area contributed by atoms with Gasteiger partial charge < -0.3 is 0 Å². The molecule has 27 heavy (non-hydrogen) atoms. The molecule has 0 bridgehead atoms. The maximum absolute atomic E-state index is 13.1. The number of Topliss-reactive ketones (excluding diaryl/α,β-unsaturated/α-hetero) is 1. The molecule has 0 N–H and O–H groups in total. The maximum atomic E-state index is 13.1. The van der Waals surface area contributed by atoms with Gasteiger partial charge in [-0.2, -0.15) is 31.4 Å². The third-order valence-electron chi connectivity index (χ3n) is 4.48. The van der Waals surface area contributed by atoms with E-state index < -0.39 is 24.6 Å². The van der Waals surface area contributed by atoms with Crippen molar-refractivity contribution < 1.29 is 31.1 Å². The van der Waals surface area contributed by atoms with Crippen LogP contribution in [0.25, 0.3) is 10.6 Å². The molecule has 10 heteroatoms. The van der Waals surface area contributed by atoms with Crippen LogP contribution in [0.15, 0.2) is 18.2 Å². The SMILES string of the molecule is O=C(c1ccc(-c2cc(C(F)(F)F)n(CC(F)(F)F)n2)s1)C1CCCCC1. The fourth-order valence-corrected chi connectivity index (χ4v) is 4.21. The molecule has 2 aromatic heterocycles. The summed E-state index contributed by atoms with van der Waals surface area (Å²) in [7, 11) is 0. The van der Waals surface area contributed by atoms with Crippen molar-refractivity contribution in [3.05, 3.63) is 28.8 Å². The standard InChI is InChI=1S/C17H16F6N2OS/c18-16(19,20)9-25-14(17(21,22)23)8-11(24-25)12-6-7-13(27-12)15(26)10-4-2-1-3-5-10/h6-8,10H,1-5,9H2. The predicted octanol–water partition coefficient (Wildman–Crippen LogP) is 5.96. The lowest BCUT2D eigenvalue weighted by atomic mass is 9.86. The van der Waals surface area contributed by atoms with E-state index in [0.29, 0.717) is 10.9 Å². The Hall–Kier alpha value is -1.84. The van der Waals surface area contributed by atoms with Gasteiger partial charge in [-0.3, -0.25) is 9.48 Å². The maximum Gasteiger partial charge on any atom is 0.433 e. The third-order valence-corrected chi connectivity index (χ3v) is 5.60. The number of thiophene rings is 1. The second-order valence-corrected chi connectivity index (χ2v) is 7.63. The molecule has 0 aliphatic heterocycles. The fraction of sp³-hybridized carbons (Fsp3) is 0.529. The number of carbonyl (C=O) groups excluding carboxylic acids is 1. The van der Waals surface area contributed by atoms with E-state index in [2.05, 4.69) is 5.10 Å². The number of nitrogens with zero attached hydrogens (tertiary/aromatic N) is 2. The largest absolute Gasteiger partial charge is 0.433 e. The van der Waals surface area contributed by atoms with Crippen LogP contribution in [-0.2, 0) is 12.7 Å². The van der Waals surface area contributed by atoms with Crippen LogP contribution >= 0.6 is 11.3 Å². The number of hydrogen-bond acceptors (Lipinski definition) is 3. The van der Waals surface area contributed by atoms with Crippen LogP contribution in [-0.4, -0.2) is 21.7 Å². The van der Waals surface area contributed by atoms with E-state index in [4.69, 9.17) is 0 Å². The topological polar surface area (TPSA) is 34.9 Å². The second-order valence-electron chi connectivity index (χ2n) is 6.55. The van der Waals surface area contributed by atoms with Gasteiger partial charge in [0, 0.05) is 5.92 Å². The zero-order valence-corrected chi connectivity index (χ0v) is 14.8. The second kappa shape index (κ2) is 7.29. The first-order chi connectivity index (χ1) is 12.5. The van der Waals surface area contributed by atoms with Crippen LogP contribution in [0.2, 0.25) is 0 Å². The van der Waals surface area contributed by atoms with Crippen LogP contribution in [0, 0.1) is 5.92 Å². The molecule has 1 aliphatic rings. The Morgan fingerprint density at radius 2 is 1.78 bits per heavy atom. The first-order valence-corrected chi connectivity index (χ1v) is 9.22. The van der Waals surface area contributed by atoms with Crippen molar-refractivity contribution in [3.8, 4) is 10.6 Å². The van der Waals surface area contributed by atoms with Gasteiger partial charge in [-0.25, -0.2) is 0 Å². The van der Waals surface area contributed by atoms with Crippen molar-refractivity contribution >= 4 is 17.1 Å². The Labute approximate surface area is 155 Å². The lowest BCUT2D eigenvalue weighted by Gasteiger charge is -2.19. The van der Waals surface area contributed by atoms with E-state index in [0.717, 1.165) is 43.4 Å². The quantitative estimate of drug-likeness (QED) is 0.461.